The smallest absolute Gasteiger partial charge is 0.408 e. The molecule has 2 heterocycles. The Bertz CT molecular complexity index is 871. The van der Waals surface area contributed by atoms with Crippen molar-refractivity contribution in [2.24, 2.45) is 7.05 Å². The van der Waals surface area contributed by atoms with Crippen LogP contribution in [-0.4, -0.2) is 10.4 Å². The fourth-order valence-electron chi connectivity index (χ4n) is 1.88. The number of carbonyl (C=O) groups excluding carboxylic acids is 1. The Morgan fingerprint density at radius 3 is 2.70 bits per heavy atom. The predicted octanol–water partition coefficient (Wildman–Crippen LogP) is 3.95. The normalized spacial score (nSPS) is 11.2. The molecule has 0 aliphatic carbocycles. The molecule has 0 bridgehead atoms. The van der Waals surface area contributed by atoms with Gasteiger partial charge in [-0.2, -0.15) is 0 Å². The fourth-order valence-corrected chi connectivity index (χ4v) is 3.87. The van der Waals surface area contributed by atoms with Crippen molar-refractivity contribution in [3.8, 4) is 0 Å². The Morgan fingerprint density at radius 2 is 2.05 bits per heavy atom. The number of fused-ring (bicyclic) bond motifs is 1. The van der Waals surface area contributed by atoms with Crippen LogP contribution in [0, 0.1) is 0 Å². The number of aryl methyl sites for hydroxylation is 1. The van der Waals surface area contributed by atoms with Gasteiger partial charge in [0.05, 0.1) is 14.2 Å². The second kappa shape index (κ2) is 4.98. The van der Waals surface area contributed by atoms with Gasteiger partial charge >= 0.3 is 5.76 Å². The summed E-state index contributed by atoms with van der Waals surface area (Å²) >= 11 is 8.08. The molecule has 0 unspecified atom stereocenters. The third-order valence-corrected chi connectivity index (χ3v) is 6.18. The van der Waals surface area contributed by atoms with Gasteiger partial charge in [-0.3, -0.25) is 9.36 Å². The fraction of sp³-hybridized carbons (Fsp3) is 0.0769. The van der Waals surface area contributed by atoms with Crippen molar-refractivity contribution in [3.05, 3.63) is 53.5 Å². The monoisotopic (exact) mass is 415 g/mol. The van der Waals surface area contributed by atoms with E-state index in [9.17, 15) is 9.59 Å². The summed E-state index contributed by atoms with van der Waals surface area (Å²) in [5.41, 5.74) is 1.58. The first-order valence-corrected chi connectivity index (χ1v) is 7.97. The van der Waals surface area contributed by atoms with E-state index in [0.29, 0.717) is 21.5 Å². The Balaban J connectivity index is 2.10. The first-order chi connectivity index (χ1) is 9.47. The van der Waals surface area contributed by atoms with Crippen LogP contribution in [0.4, 0.5) is 0 Å². The minimum absolute atomic E-state index is 0.102. The maximum absolute atomic E-state index is 12.4. The molecular weight excluding hydrogens is 410 g/mol. The highest BCUT2D eigenvalue weighted by Gasteiger charge is 2.16. The van der Waals surface area contributed by atoms with Crippen molar-refractivity contribution in [3.63, 3.8) is 0 Å². The summed E-state index contributed by atoms with van der Waals surface area (Å²) in [6, 6.07) is 6.77. The number of hydrogen-bond donors (Lipinski definition) is 0. The Kier molecular flexibility index (Phi) is 3.43. The van der Waals surface area contributed by atoms with E-state index in [1.165, 1.54) is 15.9 Å². The van der Waals surface area contributed by atoms with Crippen LogP contribution in [-0.2, 0) is 7.05 Å². The SMILES string of the molecule is Cn1c(=O)oc2cc(C(=O)c3cc(Br)c(Br)s3)ccc21. The molecule has 2 aromatic heterocycles. The summed E-state index contributed by atoms with van der Waals surface area (Å²) in [5, 5.41) is 0. The Morgan fingerprint density at radius 1 is 1.30 bits per heavy atom. The molecule has 3 rings (SSSR count). The molecule has 0 saturated carbocycles. The van der Waals surface area contributed by atoms with E-state index in [2.05, 4.69) is 31.9 Å². The molecule has 0 aliphatic rings. The molecule has 0 aliphatic heterocycles. The van der Waals surface area contributed by atoms with Gasteiger partial charge in [0.2, 0.25) is 5.78 Å². The highest BCUT2D eigenvalue weighted by atomic mass is 79.9. The number of rotatable bonds is 2. The lowest BCUT2D eigenvalue weighted by Gasteiger charge is -1.98. The number of oxazole rings is 1. The van der Waals surface area contributed by atoms with Gasteiger partial charge < -0.3 is 4.42 Å². The number of carbonyl (C=O) groups is 1. The summed E-state index contributed by atoms with van der Waals surface area (Å²) < 4.78 is 8.21. The van der Waals surface area contributed by atoms with Gasteiger partial charge in [0.15, 0.2) is 5.58 Å². The zero-order valence-corrected chi connectivity index (χ0v) is 14.1. The largest absolute Gasteiger partial charge is 0.419 e. The minimum atomic E-state index is -0.439. The highest BCUT2D eigenvalue weighted by Crippen LogP contribution is 2.33. The lowest BCUT2D eigenvalue weighted by molar-refractivity contribution is 0.104. The molecule has 1 aromatic carbocycles. The molecule has 0 N–H and O–H groups in total. The van der Waals surface area contributed by atoms with E-state index in [-0.39, 0.29) is 5.78 Å². The number of aromatic nitrogens is 1. The van der Waals surface area contributed by atoms with Crippen LogP contribution in [0.5, 0.6) is 0 Å². The van der Waals surface area contributed by atoms with Crippen molar-refractivity contribution < 1.29 is 9.21 Å². The van der Waals surface area contributed by atoms with Crippen molar-refractivity contribution >= 4 is 60.1 Å². The van der Waals surface area contributed by atoms with E-state index < -0.39 is 5.76 Å². The molecular formula is C13H7Br2NO3S. The van der Waals surface area contributed by atoms with Gasteiger partial charge in [-0.15, -0.1) is 11.3 Å². The summed E-state index contributed by atoms with van der Waals surface area (Å²) in [4.78, 5) is 24.4. The van der Waals surface area contributed by atoms with Gasteiger partial charge in [0.1, 0.15) is 0 Å². The Labute approximate surface area is 134 Å². The second-order valence-corrected chi connectivity index (χ2v) is 7.40. The van der Waals surface area contributed by atoms with Crippen molar-refractivity contribution in [1.82, 2.24) is 4.57 Å². The maximum Gasteiger partial charge on any atom is 0.419 e. The molecule has 0 saturated heterocycles. The molecule has 0 atom stereocenters. The van der Waals surface area contributed by atoms with Crippen LogP contribution in [0.1, 0.15) is 15.2 Å². The summed E-state index contributed by atoms with van der Waals surface area (Å²) in [6.45, 7) is 0. The van der Waals surface area contributed by atoms with E-state index in [1.807, 2.05) is 0 Å². The molecule has 7 heteroatoms. The van der Waals surface area contributed by atoms with E-state index in [1.54, 1.807) is 31.3 Å². The predicted molar refractivity (Wildman–Crippen MR) is 84.6 cm³/mol. The Hall–Kier alpha value is -1.18. The molecule has 0 amide bonds. The highest BCUT2D eigenvalue weighted by molar-refractivity contribution is 9.13. The van der Waals surface area contributed by atoms with Gasteiger partial charge in [-0.1, -0.05) is 0 Å². The first kappa shape index (κ1) is 13.8. The zero-order chi connectivity index (χ0) is 14.4. The lowest BCUT2D eigenvalue weighted by Crippen LogP contribution is -2.08. The average molecular weight is 417 g/mol. The lowest BCUT2D eigenvalue weighted by atomic mass is 10.1. The third kappa shape index (κ3) is 2.19. The van der Waals surface area contributed by atoms with Crippen LogP contribution in [0.2, 0.25) is 0 Å². The standard InChI is InChI=1S/C13H7Br2NO3S/c1-16-8-3-2-6(4-9(8)19-13(16)18)11(17)10-5-7(14)12(15)20-10/h2-5H,1H3. The summed E-state index contributed by atoms with van der Waals surface area (Å²) in [5.74, 6) is -0.541. The van der Waals surface area contributed by atoms with Crippen LogP contribution in [0.15, 0.2) is 41.7 Å². The van der Waals surface area contributed by atoms with Gasteiger partial charge in [0.25, 0.3) is 0 Å². The number of nitrogens with zero attached hydrogens (tertiary/aromatic N) is 1. The molecule has 0 fully saturated rings. The van der Waals surface area contributed by atoms with E-state index in [0.717, 1.165) is 8.26 Å². The number of ketones is 1. The molecule has 20 heavy (non-hydrogen) atoms. The van der Waals surface area contributed by atoms with Crippen LogP contribution < -0.4 is 5.76 Å². The number of hydrogen-bond acceptors (Lipinski definition) is 4. The first-order valence-electron chi connectivity index (χ1n) is 5.56. The zero-order valence-electron chi connectivity index (χ0n) is 10.1. The van der Waals surface area contributed by atoms with Gasteiger partial charge in [-0.05, 0) is 56.1 Å². The van der Waals surface area contributed by atoms with Gasteiger partial charge in [-0.25, -0.2) is 4.79 Å². The molecule has 3 aromatic rings. The maximum atomic E-state index is 12.4. The number of benzene rings is 1. The van der Waals surface area contributed by atoms with Crippen LogP contribution >= 0.6 is 43.2 Å². The van der Waals surface area contributed by atoms with E-state index >= 15 is 0 Å². The van der Waals surface area contributed by atoms with Crippen LogP contribution in [0.25, 0.3) is 11.1 Å². The summed E-state index contributed by atoms with van der Waals surface area (Å²) in [7, 11) is 1.63. The van der Waals surface area contributed by atoms with Crippen molar-refractivity contribution in [1.29, 1.82) is 0 Å². The number of thiophene rings is 1. The van der Waals surface area contributed by atoms with E-state index in [4.69, 9.17) is 4.42 Å². The molecule has 4 nitrogen and oxygen atoms in total. The average Bonchev–Trinajstić information content (AvgIpc) is 2.90. The van der Waals surface area contributed by atoms with Crippen molar-refractivity contribution in [2.75, 3.05) is 0 Å². The number of halogens is 2. The summed E-state index contributed by atoms with van der Waals surface area (Å²) in [6.07, 6.45) is 0. The molecule has 0 radical (unpaired) electrons. The molecule has 0 spiro atoms. The topological polar surface area (TPSA) is 52.2 Å². The quantitative estimate of drug-likeness (QED) is 0.594. The third-order valence-electron chi connectivity index (χ3n) is 2.92. The van der Waals surface area contributed by atoms with Gasteiger partial charge in [0, 0.05) is 17.1 Å². The minimum Gasteiger partial charge on any atom is -0.408 e. The van der Waals surface area contributed by atoms with Crippen molar-refractivity contribution in [2.45, 2.75) is 0 Å². The van der Waals surface area contributed by atoms with Crippen LogP contribution in [0.3, 0.4) is 0 Å². The second-order valence-electron chi connectivity index (χ2n) is 4.17. The molecule has 102 valence electrons.